The van der Waals surface area contributed by atoms with Crippen LogP contribution in [0.4, 0.5) is 0 Å². The monoisotopic (exact) mass is 270 g/mol. The van der Waals surface area contributed by atoms with Gasteiger partial charge in [-0.05, 0) is 37.5 Å². The fourth-order valence-corrected chi connectivity index (χ4v) is 3.55. The van der Waals surface area contributed by atoms with Crippen LogP contribution in [0.1, 0.15) is 31.1 Å². The number of ether oxygens (including phenoxy) is 1. The average Bonchev–Trinajstić information content (AvgIpc) is 3.23. The van der Waals surface area contributed by atoms with Crippen molar-refractivity contribution in [1.29, 1.82) is 0 Å². The van der Waals surface area contributed by atoms with Crippen molar-refractivity contribution in [3.8, 4) is 5.69 Å². The molecule has 0 spiro atoms. The van der Waals surface area contributed by atoms with E-state index in [-0.39, 0.29) is 12.0 Å². The summed E-state index contributed by atoms with van der Waals surface area (Å²) in [5, 5.41) is 15.1. The summed E-state index contributed by atoms with van der Waals surface area (Å²) in [6, 6.07) is 11.8. The van der Waals surface area contributed by atoms with Crippen LogP contribution in [-0.4, -0.2) is 27.1 Å². The lowest BCUT2D eigenvalue weighted by atomic mass is 9.84. The summed E-state index contributed by atoms with van der Waals surface area (Å²) in [5.41, 5.74) is 1.84. The second-order valence-electron chi connectivity index (χ2n) is 5.72. The third kappa shape index (κ3) is 1.87. The van der Waals surface area contributed by atoms with E-state index in [9.17, 15) is 5.11 Å². The van der Waals surface area contributed by atoms with Crippen LogP contribution in [0.15, 0.2) is 42.6 Å². The molecule has 2 aliphatic rings. The molecule has 104 valence electrons. The van der Waals surface area contributed by atoms with E-state index in [2.05, 4.69) is 5.10 Å². The lowest BCUT2D eigenvalue weighted by Crippen LogP contribution is -2.25. The maximum atomic E-state index is 10.7. The molecule has 1 aromatic carbocycles. The van der Waals surface area contributed by atoms with Crippen molar-refractivity contribution in [1.82, 2.24) is 9.78 Å². The third-order valence-corrected chi connectivity index (χ3v) is 4.53. The lowest BCUT2D eigenvalue weighted by Gasteiger charge is -2.24. The van der Waals surface area contributed by atoms with Gasteiger partial charge in [-0.15, -0.1) is 0 Å². The molecule has 2 saturated heterocycles. The van der Waals surface area contributed by atoms with Crippen molar-refractivity contribution >= 4 is 0 Å². The van der Waals surface area contributed by atoms with Crippen LogP contribution in [0, 0.1) is 5.92 Å². The molecular formula is C16H18N2O2. The highest BCUT2D eigenvalue weighted by Crippen LogP contribution is 2.44. The Bertz CT molecular complexity index is 596. The average molecular weight is 270 g/mol. The van der Waals surface area contributed by atoms with E-state index in [1.807, 2.05) is 41.1 Å². The number of aliphatic hydroxyl groups excluding tert-OH is 1. The predicted molar refractivity (Wildman–Crippen MR) is 74.5 cm³/mol. The minimum Gasteiger partial charge on any atom is -0.386 e. The molecule has 2 aromatic rings. The van der Waals surface area contributed by atoms with E-state index < -0.39 is 6.10 Å². The van der Waals surface area contributed by atoms with Crippen molar-refractivity contribution in [2.45, 2.75) is 37.6 Å². The van der Waals surface area contributed by atoms with E-state index in [1.165, 1.54) is 0 Å². The third-order valence-electron chi connectivity index (χ3n) is 4.53. The fourth-order valence-electron chi connectivity index (χ4n) is 3.55. The zero-order valence-corrected chi connectivity index (χ0v) is 11.2. The molecule has 1 aromatic heterocycles. The van der Waals surface area contributed by atoms with Gasteiger partial charge >= 0.3 is 0 Å². The second kappa shape index (κ2) is 4.72. The number of para-hydroxylation sites is 1. The normalized spacial score (nSPS) is 29.8. The van der Waals surface area contributed by atoms with Crippen LogP contribution in [0.25, 0.3) is 5.69 Å². The summed E-state index contributed by atoms with van der Waals surface area (Å²) in [7, 11) is 0. The summed E-state index contributed by atoms with van der Waals surface area (Å²) in [6.45, 7) is 0. The summed E-state index contributed by atoms with van der Waals surface area (Å²) in [5.74, 6) is 0.202. The van der Waals surface area contributed by atoms with Crippen LogP contribution >= 0.6 is 0 Å². The molecule has 20 heavy (non-hydrogen) atoms. The van der Waals surface area contributed by atoms with Gasteiger partial charge < -0.3 is 9.84 Å². The Morgan fingerprint density at radius 3 is 2.75 bits per heavy atom. The van der Waals surface area contributed by atoms with Crippen LogP contribution in [0.2, 0.25) is 0 Å². The molecule has 0 aliphatic carbocycles. The molecule has 2 fully saturated rings. The van der Waals surface area contributed by atoms with Gasteiger partial charge in [-0.1, -0.05) is 18.2 Å². The molecule has 0 saturated carbocycles. The number of fused-ring (bicyclic) bond motifs is 2. The molecule has 2 bridgehead atoms. The SMILES string of the molecule is OC(c1ccnn1-c1ccccc1)C1CC2CCC1O2. The van der Waals surface area contributed by atoms with Gasteiger partial charge in [0.1, 0.15) is 6.10 Å². The highest BCUT2D eigenvalue weighted by atomic mass is 16.5. The van der Waals surface area contributed by atoms with Crippen LogP contribution in [0.5, 0.6) is 0 Å². The van der Waals surface area contributed by atoms with Crippen molar-refractivity contribution in [2.24, 2.45) is 5.92 Å². The van der Waals surface area contributed by atoms with Crippen LogP contribution in [-0.2, 0) is 4.74 Å². The minimum absolute atomic E-state index is 0.202. The Morgan fingerprint density at radius 1 is 1.20 bits per heavy atom. The molecule has 4 heteroatoms. The number of aromatic nitrogens is 2. The highest BCUT2D eigenvalue weighted by molar-refractivity contribution is 5.33. The maximum absolute atomic E-state index is 10.7. The summed E-state index contributed by atoms with van der Waals surface area (Å²) in [4.78, 5) is 0. The van der Waals surface area contributed by atoms with Crippen molar-refractivity contribution in [3.05, 3.63) is 48.3 Å². The van der Waals surface area contributed by atoms with Crippen molar-refractivity contribution < 1.29 is 9.84 Å². The van der Waals surface area contributed by atoms with Crippen molar-refractivity contribution in [3.63, 3.8) is 0 Å². The molecule has 3 heterocycles. The van der Waals surface area contributed by atoms with E-state index >= 15 is 0 Å². The standard InChI is InChI=1S/C16H18N2O2/c19-16(13-10-12-6-7-15(13)20-12)14-8-9-17-18(14)11-4-2-1-3-5-11/h1-5,8-9,12-13,15-16,19H,6-7,10H2. The van der Waals surface area contributed by atoms with E-state index in [1.54, 1.807) is 6.20 Å². The first-order valence-corrected chi connectivity index (χ1v) is 7.26. The molecule has 2 aliphatic heterocycles. The molecule has 4 nitrogen and oxygen atoms in total. The van der Waals surface area contributed by atoms with Gasteiger partial charge in [0.2, 0.25) is 0 Å². The second-order valence-corrected chi connectivity index (χ2v) is 5.72. The Hall–Kier alpha value is -1.65. The first kappa shape index (κ1) is 12.1. The topological polar surface area (TPSA) is 47.3 Å². The van der Waals surface area contributed by atoms with Gasteiger partial charge in [-0.25, -0.2) is 4.68 Å². The van der Waals surface area contributed by atoms with Gasteiger partial charge in [0, 0.05) is 12.1 Å². The molecule has 4 atom stereocenters. The number of hydrogen-bond donors (Lipinski definition) is 1. The van der Waals surface area contributed by atoms with E-state index in [4.69, 9.17) is 4.74 Å². The molecule has 1 N–H and O–H groups in total. The zero-order chi connectivity index (χ0) is 13.5. The molecule has 4 rings (SSSR count). The first-order valence-electron chi connectivity index (χ1n) is 7.26. The van der Waals surface area contributed by atoms with Crippen molar-refractivity contribution in [2.75, 3.05) is 0 Å². The van der Waals surface area contributed by atoms with Crippen LogP contribution < -0.4 is 0 Å². The Balaban J connectivity index is 1.65. The van der Waals surface area contributed by atoms with E-state index in [0.29, 0.717) is 6.10 Å². The van der Waals surface area contributed by atoms with E-state index in [0.717, 1.165) is 30.6 Å². The molecular weight excluding hydrogens is 252 g/mol. The summed E-state index contributed by atoms with van der Waals surface area (Å²) >= 11 is 0. The van der Waals surface area contributed by atoms with Gasteiger partial charge in [-0.2, -0.15) is 5.10 Å². The maximum Gasteiger partial charge on any atom is 0.101 e. The zero-order valence-electron chi connectivity index (χ0n) is 11.2. The lowest BCUT2D eigenvalue weighted by molar-refractivity contribution is 0.0392. The smallest absolute Gasteiger partial charge is 0.101 e. The largest absolute Gasteiger partial charge is 0.386 e. The summed E-state index contributed by atoms with van der Waals surface area (Å²) in [6.07, 6.45) is 5.00. The number of aliphatic hydroxyl groups is 1. The molecule has 4 unspecified atom stereocenters. The first-order chi connectivity index (χ1) is 9.83. The molecule has 0 radical (unpaired) electrons. The Labute approximate surface area is 118 Å². The Morgan fingerprint density at radius 2 is 2.05 bits per heavy atom. The molecule has 0 amide bonds. The number of benzene rings is 1. The van der Waals surface area contributed by atoms with Crippen LogP contribution in [0.3, 0.4) is 0 Å². The number of rotatable bonds is 3. The summed E-state index contributed by atoms with van der Waals surface area (Å²) < 4.78 is 7.69. The number of nitrogens with zero attached hydrogens (tertiary/aromatic N) is 2. The minimum atomic E-state index is -0.506. The quantitative estimate of drug-likeness (QED) is 0.932. The van der Waals surface area contributed by atoms with Gasteiger partial charge in [0.25, 0.3) is 0 Å². The fraction of sp³-hybridized carbons (Fsp3) is 0.438. The number of hydrogen-bond acceptors (Lipinski definition) is 3. The van der Waals surface area contributed by atoms with Gasteiger partial charge in [0.15, 0.2) is 0 Å². The highest BCUT2D eigenvalue weighted by Gasteiger charge is 2.45. The predicted octanol–water partition coefficient (Wildman–Crippen LogP) is 2.47. The van der Waals surface area contributed by atoms with Gasteiger partial charge in [0.05, 0.1) is 23.6 Å². The Kier molecular flexibility index (Phi) is 2.86. The van der Waals surface area contributed by atoms with Gasteiger partial charge in [-0.3, -0.25) is 0 Å².